The Hall–Kier alpha value is -3.61. The number of carbonyl (C=O) groups excluding carboxylic acids is 2. The summed E-state index contributed by atoms with van der Waals surface area (Å²) in [4.78, 5) is 28.7. The third-order valence-corrected chi connectivity index (χ3v) is 5.11. The molecular formula is C22H19FN2O4. The third kappa shape index (κ3) is 3.04. The van der Waals surface area contributed by atoms with Crippen molar-refractivity contribution in [1.82, 2.24) is 4.98 Å². The number of hydrogen-bond donors (Lipinski definition) is 2. The highest BCUT2D eigenvalue weighted by Crippen LogP contribution is 2.44. The molecule has 7 heteroatoms. The lowest BCUT2D eigenvalue weighted by molar-refractivity contribution is -0.116. The van der Waals surface area contributed by atoms with Crippen LogP contribution in [0.15, 0.2) is 42.5 Å². The van der Waals surface area contributed by atoms with E-state index in [0.29, 0.717) is 34.0 Å². The molecule has 2 aromatic carbocycles. The molecule has 1 atom stereocenters. The van der Waals surface area contributed by atoms with Crippen molar-refractivity contribution < 1.29 is 23.5 Å². The highest BCUT2D eigenvalue weighted by atomic mass is 19.1. The number of nitrogens with one attached hydrogen (secondary N) is 2. The Morgan fingerprint density at radius 3 is 2.66 bits per heavy atom. The largest absolute Gasteiger partial charge is 0.497 e. The molecule has 0 spiro atoms. The zero-order valence-electron chi connectivity index (χ0n) is 16.1. The number of fused-ring (bicyclic) bond motifs is 1. The van der Waals surface area contributed by atoms with Crippen LogP contribution in [0.2, 0.25) is 0 Å². The number of aromatic amines is 1. The van der Waals surface area contributed by atoms with Gasteiger partial charge in [-0.05, 0) is 42.8 Å². The van der Waals surface area contributed by atoms with Gasteiger partial charge in [-0.1, -0.05) is 12.1 Å². The fraction of sp³-hybridized carbons (Fsp3) is 0.182. The number of carbonyl (C=O) groups is 2. The van der Waals surface area contributed by atoms with E-state index >= 15 is 0 Å². The maximum absolute atomic E-state index is 14.0. The lowest BCUT2D eigenvalue weighted by Crippen LogP contribution is -2.17. The normalized spacial score (nSPS) is 15.0. The van der Waals surface area contributed by atoms with Crippen molar-refractivity contribution in [2.45, 2.75) is 12.8 Å². The van der Waals surface area contributed by atoms with E-state index in [1.807, 2.05) is 12.1 Å². The summed E-state index contributed by atoms with van der Waals surface area (Å²) in [6, 6.07) is 11.4. The Labute approximate surface area is 166 Å². The van der Waals surface area contributed by atoms with Gasteiger partial charge in [0.2, 0.25) is 5.91 Å². The summed E-state index contributed by atoms with van der Waals surface area (Å²) in [5.41, 5.74) is 3.58. The van der Waals surface area contributed by atoms with Crippen LogP contribution in [0.1, 0.15) is 33.1 Å². The highest BCUT2D eigenvalue weighted by molar-refractivity contribution is 6.08. The van der Waals surface area contributed by atoms with E-state index in [2.05, 4.69) is 10.3 Å². The Kier molecular flexibility index (Phi) is 4.58. The zero-order valence-corrected chi connectivity index (χ0v) is 16.1. The quantitative estimate of drug-likeness (QED) is 0.656. The molecule has 1 unspecified atom stereocenters. The summed E-state index contributed by atoms with van der Waals surface area (Å²) in [7, 11) is 2.84. The zero-order chi connectivity index (χ0) is 20.7. The maximum Gasteiger partial charge on any atom is 0.340 e. The molecular weight excluding hydrogens is 375 g/mol. The molecule has 1 amide bonds. The van der Waals surface area contributed by atoms with Gasteiger partial charge in [-0.3, -0.25) is 4.79 Å². The van der Waals surface area contributed by atoms with E-state index in [0.717, 1.165) is 5.56 Å². The van der Waals surface area contributed by atoms with Crippen molar-refractivity contribution in [3.8, 4) is 17.0 Å². The van der Waals surface area contributed by atoms with E-state index in [4.69, 9.17) is 9.47 Å². The van der Waals surface area contributed by atoms with Crippen molar-refractivity contribution >= 4 is 17.6 Å². The van der Waals surface area contributed by atoms with Gasteiger partial charge >= 0.3 is 5.97 Å². The minimum atomic E-state index is -0.860. The fourth-order valence-corrected chi connectivity index (χ4v) is 3.82. The monoisotopic (exact) mass is 394 g/mol. The number of aryl methyl sites for hydroxylation is 1. The van der Waals surface area contributed by atoms with Crippen LogP contribution in [-0.4, -0.2) is 31.1 Å². The number of rotatable bonds is 4. The number of amides is 1. The van der Waals surface area contributed by atoms with Crippen LogP contribution in [0.5, 0.6) is 5.75 Å². The maximum atomic E-state index is 14.0. The second kappa shape index (κ2) is 7.09. The molecule has 2 N–H and O–H groups in total. The number of anilines is 1. The molecule has 0 saturated carbocycles. The first-order valence-electron chi connectivity index (χ1n) is 9.00. The average molecular weight is 394 g/mol. The Morgan fingerprint density at radius 1 is 1.14 bits per heavy atom. The first kappa shape index (κ1) is 18.7. The summed E-state index contributed by atoms with van der Waals surface area (Å²) < 4.78 is 24.3. The molecule has 0 saturated heterocycles. The molecule has 0 fully saturated rings. The predicted octanol–water partition coefficient (Wildman–Crippen LogP) is 4.01. The van der Waals surface area contributed by atoms with Crippen molar-refractivity contribution in [3.05, 3.63) is 70.7 Å². The van der Waals surface area contributed by atoms with Crippen LogP contribution in [0.3, 0.4) is 0 Å². The van der Waals surface area contributed by atoms with Crippen LogP contribution in [0.25, 0.3) is 11.3 Å². The van der Waals surface area contributed by atoms with Crippen LogP contribution in [-0.2, 0) is 9.53 Å². The highest BCUT2D eigenvalue weighted by Gasteiger charge is 2.39. The fourth-order valence-electron chi connectivity index (χ4n) is 3.82. The van der Waals surface area contributed by atoms with E-state index in [-0.39, 0.29) is 11.5 Å². The Morgan fingerprint density at radius 2 is 1.93 bits per heavy atom. The topological polar surface area (TPSA) is 80.4 Å². The Bertz CT molecular complexity index is 1140. The predicted molar refractivity (Wildman–Crippen MR) is 106 cm³/mol. The van der Waals surface area contributed by atoms with Gasteiger partial charge in [0.1, 0.15) is 11.6 Å². The van der Waals surface area contributed by atoms with Gasteiger partial charge in [-0.25, -0.2) is 9.18 Å². The van der Waals surface area contributed by atoms with Crippen molar-refractivity contribution in [3.63, 3.8) is 0 Å². The van der Waals surface area contributed by atoms with Gasteiger partial charge in [0.15, 0.2) is 0 Å². The summed E-state index contributed by atoms with van der Waals surface area (Å²) in [6.45, 7) is 1.73. The van der Waals surface area contributed by atoms with Crippen LogP contribution >= 0.6 is 0 Å². The van der Waals surface area contributed by atoms with E-state index < -0.39 is 17.7 Å². The smallest absolute Gasteiger partial charge is 0.340 e. The first-order chi connectivity index (χ1) is 13.9. The second-order valence-corrected chi connectivity index (χ2v) is 6.79. The number of methoxy groups -OCH3 is 2. The van der Waals surface area contributed by atoms with Gasteiger partial charge in [-0.15, -0.1) is 0 Å². The number of ether oxygens (including phenoxy) is 2. The molecule has 1 aromatic heterocycles. The van der Waals surface area contributed by atoms with Crippen LogP contribution in [0, 0.1) is 12.7 Å². The molecule has 1 aliphatic rings. The number of benzene rings is 2. The molecule has 29 heavy (non-hydrogen) atoms. The minimum Gasteiger partial charge on any atom is -0.497 e. The summed E-state index contributed by atoms with van der Waals surface area (Å²) in [5, 5.41) is 2.77. The molecule has 4 rings (SSSR count). The summed E-state index contributed by atoms with van der Waals surface area (Å²) in [6.07, 6.45) is 0. The number of hydrogen-bond acceptors (Lipinski definition) is 4. The minimum absolute atomic E-state index is 0.266. The van der Waals surface area contributed by atoms with Crippen molar-refractivity contribution in [2.24, 2.45) is 0 Å². The molecule has 0 radical (unpaired) electrons. The van der Waals surface area contributed by atoms with E-state index in [1.165, 1.54) is 25.3 Å². The third-order valence-electron chi connectivity index (χ3n) is 5.11. The standard InChI is InChI=1S/C22H19FN2O4/c1-11-17(22(27)29-3)19(20(24-11)12-5-4-6-14(9-12)28-2)18-15-10-13(23)7-8-16(15)25-21(18)26/h4-10,18,24H,1-3H3,(H,25,26). The Balaban J connectivity index is 2.00. The molecule has 0 aliphatic carbocycles. The number of H-pyrrole nitrogens is 1. The first-order valence-corrected chi connectivity index (χ1v) is 9.00. The van der Waals surface area contributed by atoms with Gasteiger partial charge in [0.05, 0.1) is 31.4 Å². The number of esters is 1. The molecule has 2 heterocycles. The van der Waals surface area contributed by atoms with Crippen LogP contribution in [0.4, 0.5) is 10.1 Å². The number of halogens is 1. The summed E-state index contributed by atoms with van der Waals surface area (Å²) in [5.74, 6) is -1.59. The number of aromatic nitrogens is 1. The molecule has 6 nitrogen and oxygen atoms in total. The summed E-state index contributed by atoms with van der Waals surface area (Å²) >= 11 is 0. The van der Waals surface area contributed by atoms with Gasteiger partial charge in [0.25, 0.3) is 0 Å². The lowest BCUT2D eigenvalue weighted by atomic mass is 9.87. The van der Waals surface area contributed by atoms with Gasteiger partial charge in [-0.2, -0.15) is 0 Å². The van der Waals surface area contributed by atoms with Crippen molar-refractivity contribution in [1.29, 1.82) is 0 Å². The van der Waals surface area contributed by atoms with Gasteiger partial charge < -0.3 is 19.8 Å². The van der Waals surface area contributed by atoms with E-state index in [9.17, 15) is 14.0 Å². The second-order valence-electron chi connectivity index (χ2n) is 6.79. The molecule has 148 valence electrons. The SMILES string of the molecule is COC(=O)c1c(C)[nH]c(-c2cccc(OC)c2)c1C1C(=O)Nc2ccc(F)cc21. The average Bonchev–Trinajstić information content (AvgIpc) is 3.22. The lowest BCUT2D eigenvalue weighted by Gasteiger charge is -2.14. The van der Waals surface area contributed by atoms with E-state index in [1.54, 1.807) is 26.2 Å². The van der Waals surface area contributed by atoms with Gasteiger partial charge in [0, 0.05) is 22.5 Å². The molecule has 3 aromatic rings. The molecule has 0 bridgehead atoms. The van der Waals surface area contributed by atoms with Crippen molar-refractivity contribution in [2.75, 3.05) is 19.5 Å². The molecule has 1 aliphatic heterocycles. The van der Waals surface area contributed by atoms with Crippen LogP contribution < -0.4 is 10.1 Å².